The third-order valence-electron chi connectivity index (χ3n) is 3.52. The van der Waals surface area contributed by atoms with Crippen LogP contribution in [-0.4, -0.2) is 58.0 Å². The van der Waals surface area contributed by atoms with E-state index in [-0.39, 0.29) is 17.8 Å². The van der Waals surface area contributed by atoms with Crippen molar-refractivity contribution in [3.05, 3.63) is 11.9 Å². The second kappa shape index (κ2) is 7.16. The summed E-state index contributed by atoms with van der Waals surface area (Å²) in [5.41, 5.74) is 5.75. The molecule has 21 heavy (non-hydrogen) atoms. The Bertz CT molecular complexity index is 494. The molecule has 2 N–H and O–H groups in total. The molecular formula is C13H21N5O3. The Morgan fingerprint density at radius 2 is 2.14 bits per heavy atom. The lowest BCUT2D eigenvalue weighted by molar-refractivity contribution is -0.149. The summed E-state index contributed by atoms with van der Waals surface area (Å²) < 4.78 is 6.57. The van der Waals surface area contributed by atoms with Gasteiger partial charge in [0.25, 0.3) is 5.91 Å². The molecule has 0 bridgehead atoms. The van der Waals surface area contributed by atoms with E-state index >= 15 is 0 Å². The van der Waals surface area contributed by atoms with E-state index in [2.05, 4.69) is 10.3 Å². The fourth-order valence-corrected chi connectivity index (χ4v) is 2.38. The molecule has 1 fully saturated rings. The molecule has 0 aliphatic carbocycles. The fourth-order valence-electron chi connectivity index (χ4n) is 2.38. The number of esters is 1. The van der Waals surface area contributed by atoms with Crippen molar-refractivity contribution in [1.29, 1.82) is 0 Å². The van der Waals surface area contributed by atoms with Crippen LogP contribution in [0.4, 0.5) is 0 Å². The van der Waals surface area contributed by atoms with Crippen LogP contribution in [0.1, 0.15) is 30.3 Å². The van der Waals surface area contributed by atoms with Crippen LogP contribution in [0.2, 0.25) is 0 Å². The van der Waals surface area contributed by atoms with Gasteiger partial charge in [0.2, 0.25) is 0 Å². The average Bonchev–Trinajstić information content (AvgIpc) is 2.96. The Hall–Kier alpha value is -1.96. The van der Waals surface area contributed by atoms with Crippen LogP contribution >= 0.6 is 0 Å². The number of likely N-dealkylation sites (tertiary alicyclic amines) is 1. The van der Waals surface area contributed by atoms with Crippen molar-refractivity contribution in [1.82, 2.24) is 19.9 Å². The van der Waals surface area contributed by atoms with Crippen molar-refractivity contribution in [3.63, 3.8) is 0 Å². The van der Waals surface area contributed by atoms with Crippen LogP contribution in [0.25, 0.3) is 0 Å². The number of rotatable bonds is 5. The van der Waals surface area contributed by atoms with E-state index < -0.39 is 0 Å². The van der Waals surface area contributed by atoms with Gasteiger partial charge in [-0.2, -0.15) is 0 Å². The molecule has 2 heterocycles. The third-order valence-corrected chi connectivity index (χ3v) is 3.52. The van der Waals surface area contributed by atoms with Crippen LogP contribution in [0.3, 0.4) is 0 Å². The summed E-state index contributed by atoms with van der Waals surface area (Å²) in [7, 11) is 0. The van der Waals surface area contributed by atoms with Crippen LogP contribution in [0.15, 0.2) is 6.20 Å². The minimum absolute atomic E-state index is 0.109. The number of hydrogen-bond donors (Lipinski definition) is 1. The molecule has 0 radical (unpaired) electrons. The van der Waals surface area contributed by atoms with E-state index in [0.29, 0.717) is 51.3 Å². The summed E-state index contributed by atoms with van der Waals surface area (Å²) in [6, 6.07) is 0. The molecular weight excluding hydrogens is 274 g/mol. The van der Waals surface area contributed by atoms with Crippen molar-refractivity contribution in [3.8, 4) is 0 Å². The topological polar surface area (TPSA) is 103 Å². The molecule has 0 saturated carbocycles. The molecule has 1 aliphatic heterocycles. The molecule has 0 aromatic carbocycles. The summed E-state index contributed by atoms with van der Waals surface area (Å²) in [5, 5.41) is 7.72. The standard InChI is InChI=1S/C13H21N5O3/c1-2-21-13(20)10-3-6-17(7-4-10)12(19)11-9-18(8-5-14)16-15-11/h9-10H,2-8,14H2,1H3. The second-order valence-electron chi connectivity index (χ2n) is 4.97. The molecule has 1 aromatic heterocycles. The van der Waals surface area contributed by atoms with Gasteiger partial charge in [-0.1, -0.05) is 5.21 Å². The Balaban J connectivity index is 1.89. The Morgan fingerprint density at radius 3 is 2.76 bits per heavy atom. The first-order valence-corrected chi connectivity index (χ1v) is 7.21. The number of hydrogen-bond acceptors (Lipinski definition) is 6. The molecule has 0 spiro atoms. The van der Waals surface area contributed by atoms with Gasteiger partial charge >= 0.3 is 5.97 Å². The molecule has 1 amide bonds. The number of nitrogens with two attached hydrogens (primary N) is 1. The predicted molar refractivity (Wildman–Crippen MR) is 74.3 cm³/mol. The Morgan fingerprint density at radius 1 is 1.43 bits per heavy atom. The molecule has 1 aromatic rings. The summed E-state index contributed by atoms with van der Waals surface area (Å²) in [5.74, 6) is -0.430. The number of carbonyl (C=O) groups is 2. The SMILES string of the molecule is CCOC(=O)C1CCN(C(=O)c2cn(CCN)nn2)CC1. The highest BCUT2D eigenvalue weighted by molar-refractivity contribution is 5.92. The van der Waals surface area contributed by atoms with Gasteiger partial charge in [0.05, 0.1) is 25.3 Å². The summed E-state index contributed by atoms with van der Waals surface area (Å²) in [4.78, 5) is 25.6. The molecule has 0 unspecified atom stereocenters. The Labute approximate surface area is 123 Å². The van der Waals surface area contributed by atoms with Gasteiger partial charge in [0, 0.05) is 19.6 Å². The van der Waals surface area contributed by atoms with Crippen molar-refractivity contribution in [2.45, 2.75) is 26.3 Å². The first-order valence-electron chi connectivity index (χ1n) is 7.21. The number of carbonyl (C=O) groups excluding carboxylic acids is 2. The normalized spacial score (nSPS) is 16.0. The van der Waals surface area contributed by atoms with E-state index in [1.54, 1.807) is 22.7 Å². The summed E-state index contributed by atoms with van der Waals surface area (Å²) >= 11 is 0. The summed E-state index contributed by atoms with van der Waals surface area (Å²) in [6.45, 7) is 4.23. The van der Waals surface area contributed by atoms with Crippen LogP contribution < -0.4 is 5.73 Å². The lowest BCUT2D eigenvalue weighted by Gasteiger charge is -2.30. The van der Waals surface area contributed by atoms with Crippen molar-refractivity contribution >= 4 is 11.9 Å². The van der Waals surface area contributed by atoms with Gasteiger partial charge in [-0.05, 0) is 19.8 Å². The third kappa shape index (κ3) is 3.78. The zero-order valence-corrected chi connectivity index (χ0v) is 12.2. The number of aromatic nitrogens is 3. The lowest BCUT2D eigenvalue weighted by atomic mass is 9.97. The van der Waals surface area contributed by atoms with E-state index in [0.717, 1.165) is 0 Å². The number of nitrogens with zero attached hydrogens (tertiary/aromatic N) is 4. The van der Waals surface area contributed by atoms with Crippen LogP contribution in [-0.2, 0) is 16.1 Å². The van der Waals surface area contributed by atoms with Gasteiger partial charge < -0.3 is 15.4 Å². The van der Waals surface area contributed by atoms with Gasteiger partial charge in [-0.25, -0.2) is 0 Å². The molecule has 8 heteroatoms. The van der Waals surface area contributed by atoms with Crippen molar-refractivity contribution in [2.24, 2.45) is 11.7 Å². The first-order chi connectivity index (χ1) is 10.2. The minimum atomic E-state index is -0.168. The largest absolute Gasteiger partial charge is 0.466 e. The molecule has 0 atom stereocenters. The number of ether oxygens (including phenoxy) is 1. The highest BCUT2D eigenvalue weighted by Crippen LogP contribution is 2.19. The van der Waals surface area contributed by atoms with Gasteiger partial charge in [0.15, 0.2) is 5.69 Å². The average molecular weight is 295 g/mol. The van der Waals surface area contributed by atoms with Gasteiger partial charge in [0.1, 0.15) is 0 Å². The smallest absolute Gasteiger partial charge is 0.309 e. The van der Waals surface area contributed by atoms with E-state index in [1.165, 1.54) is 0 Å². The highest BCUT2D eigenvalue weighted by atomic mass is 16.5. The van der Waals surface area contributed by atoms with Crippen LogP contribution in [0.5, 0.6) is 0 Å². The maximum Gasteiger partial charge on any atom is 0.309 e. The van der Waals surface area contributed by atoms with E-state index in [9.17, 15) is 9.59 Å². The zero-order valence-electron chi connectivity index (χ0n) is 12.2. The van der Waals surface area contributed by atoms with Crippen molar-refractivity contribution in [2.75, 3.05) is 26.2 Å². The maximum absolute atomic E-state index is 12.3. The molecule has 2 rings (SSSR count). The van der Waals surface area contributed by atoms with E-state index in [1.807, 2.05) is 0 Å². The molecule has 1 aliphatic rings. The summed E-state index contributed by atoms with van der Waals surface area (Å²) in [6.07, 6.45) is 2.86. The lowest BCUT2D eigenvalue weighted by Crippen LogP contribution is -2.40. The zero-order chi connectivity index (χ0) is 15.2. The van der Waals surface area contributed by atoms with Crippen molar-refractivity contribution < 1.29 is 14.3 Å². The van der Waals surface area contributed by atoms with E-state index in [4.69, 9.17) is 10.5 Å². The molecule has 1 saturated heterocycles. The number of piperidine rings is 1. The molecule has 8 nitrogen and oxygen atoms in total. The van der Waals surface area contributed by atoms with Crippen LogP contribution in [0, 0.1) is 5.92 Å². The molecule has 116 valence electrons. The quantitative estimate of drug-likeness (QED) is 0.745. The minimum Gasteiger partial charge on any atom is -0.466 e. The highest BCUT2D eigenvalue weighted by Gasteiger charge is 2.29. The van der Waals surface area contributed by atoms with Gasteiger partial charge in [-0.3, -0.25) is 14.3 Å². The Kier molecular flexibility index (Phi) is 5.26. The fraction of sp³-hybridized carbons (Fsp3) is 0.692. The van der Waals surface area contributed by atoms with Gasteiger partial charge in [-0.15, -0.1) is 5.10 Å². The number of amides is 1. The predicted octanol–water partition coefficient (Wildman–Crippen LogP) is -0.348. The monoisotopic (exact) mass is 295 g/mol. The second-order valence-corrected chi connectivity index (χ2v) is 4.97. The maximum atomic E-state index is 12.3. The first kappa shape index (κ1) is 15.4.